The number of carbonyl (C=O) groups excluding carboxylic acids is 2. The van der Waals surface area contributed by atoms with E-state index in [-0.39, 0.29) is 11.8 Å². The third kappa shape index (κ3) is 3.24. The number of hydrogen-bond acceptors (Lipinski definition) is 3. The monoisotopic (exact) mass is 289 g/mol. The highest BCUT2D eigenvalue weighted by Crippen LogP contribution is 2.17. The molecule has 1 heterocycles. The van der Waals surface area contributed by atoms with Gasteiger partial charge in [-0.1, -0.05) is 12.1 Å². The van der Waals surface area contributed by atoms with Gasteiger partial charge < -0.3 is 15.5 Å². The molecule has 0 bridgehead atoms. The molecule has 1 atom stereocenters. The first-order valence-corrected chi connectivity index (χ1v) is 7.41. The quantitative estimate of drug-likeness (QED) is 0.867. The Morgan fingerprint density at radius 2 is 2.14 bits per heavy atom. The molecule has 0 aliphatic carbocycles. The molecule has 114 valence electrons. The SMILES string of the molecule is CCNC(=O)C1CNCCN1C(=O)c1cccc(C)c1C. The molecule has 1 aliphatic heterocycles. The molecule has 2 amide bonds. The first kappa shape index (κ1) is 15.5. The Morgan fingerprint density at radius 3 is 2.86 bits per heavy atom. The average Bonchev–Trinajstić information content (AvgIpc) is 2.49. The lowest BCUT2D eigenvalue weighted by Gasteiger charge is -2.35. The highest BCUT2D eigenvalue weighted by molar-refractivity contribution is 5.99. The third-order valence-electron chi connectivity index (χ3n) is 3.99. The zero-order valence-corrected chi connectivity index (χ0v) is 12.9. The molecule has 21 heavy (non-hydrogen) atoms. The van der Waals surface area contributed by atoms with Crippen molar-refractivity contribution in [2.75, 3.05) is 26.2 Å². The van der Waals surface area contributed by atoms with Gasteiger partial charge in [0.1, 0.15) is 6.04 Å². The van der Waals surface area contributed by atoms with Crippen molar-refractivity contribution < 1.29 is 9.59 Å². The van der Waals surface area contributed by atoms with E-state index in [0.717, 1.165) is 11.1 Å². The summed E-state index contributed by atoms with van der Waals surface area (Å²) < 4.78 is 0. The van der Waals surface area contributed by atoms with Crippen molar-refractivity contribution in [3.05, 3.63) is 34.9 Å². The van der Waals surface area contributed by atoms with E-state index in [0.29, 0.717) is 31.7 Å². The first-order valence-electron chi connectivity index (χ1n) is 7.41. The fourth-order valence-corrected chi connectivity index (χ4v) is 2.61. The molecule has 5 nitrogen and oxygen atoms in total. The third-order valence-corrected chi connectivity index (χ3v) is 3.99. The number of piperazine rings is 1. The Labute approximate surface area is 125 Å². The summed E-state index contributed by atoms with van der Waals surface area (Å²) in [6.07, 6.45) is 0. The summed E-state index contributed by atoms with van der Waals surface area (Å²) in [4.78, 5) is 26.6. The molecule has 0 spiro atoms. The van der Waals surface area contributed by atoms with Crippen LogP contribution in [-0.4, -0.2) is 48.9 Å². The van der Waals surface area contributed by atoms with Gasteiger partial charge in [0.25, 0.3) is 5.91 Å². The number of carbonyl (C=O) groups is 2. The zero-order valence-electron chi connectivity index (χ0n) is 12.9. The fraction of sp³-hybridized carbons (Fsp3) is 0.500. The number of aryl methyl sites for hydroxylation is 1. The van der Waals surface area contributed by atoms with Gasteiger partial charge >= 0.3 is 0 Å². The lowest BCUT2D eigenvalue weighted by atomic mass is 10.0. The van der Waals surface area contributed by atoms with E-state index >= 15 is 0 Å². The fourth-order valence-electron chi connectivity index (χ4n) is 2.61. The number of amides is 2. The minimum absolute atomic E-state index is 0.0612. The van der Waals surface area contributed by atoms with Gasteiger partial charge in [0.15, 0.2) is 0 Å². The van der Waals surface area contributed by atoms with Gasteiger partial charge in [-0.25, -0.2) is 0 Å². The maximum absolute atomic E-state index is 12.8. The Bertz CT molecular complexity index is 542. The van der Waals surface area contributed by atoms with Gasteiger partial charge in [0.05, 0.1) is 0 Å². The molecule has 0 saturated carbocycles. The Balaban J connectivity index is 2.26. The molecular formula is C16H23N3O2. The van der Waals surface area contributed by atoms with E-state index in [9.17, 15) is 9.59 Å². The molecule has 1 fully saturated rings. The van der Waals surface area contributed by atoms with Crippen molar-refractivity contribution >= 4 is 11.8 Å². The number of rotatable bonds is 3. The van der Waals surface area contributed by atoms with E-state index in [2.05, 4.69) is 10.6 Å². The predicted octanol–water partition coefficient (Wildman–Crippen LogP) is 0.854. The van der Waals surface area contributed by atoms with Gasteiger partial charge in [0, 0.05) is 31.7 Å². The van der Waals surface area contributed by atoms with E-state index in [1.165, 1.54) is 0 Å². The van der Waals surface area contributed by atoms with Gasteiger partial charge in [-0.2, -0.15) is 0 Å². The van der Waals surface area contributed by atoms with E-state index in [1.54, 1.807) is 4.90 Å². The van der Waals surface area contributed by atoms with Crippen molar-refractivity contribution in [1.29, 1.82) is 0 Å². The molecule has 0 aromatic heterocycles. The number of nitrogens with zero attached hydrogens (tertiary/aromatic N) is 1. The molecule has 1 aromatic rings. The number of likely N-dealkylation sites (N-methyl/N-ethyl adjacent to an activating group) is 1. The highest BCUT2D eigenvalue weighted by Gasteiger charge is 2.32. The lowest BCUT2D eigenvalue weighted by molar-refractivity contribution is -0.126. The normalized spacial score (nSPS) is 18.4. The van der Waals surface area contributed by atoms with Gasteiger partial charge in [-0.15, -0.1) is 0 Å². The van der Waals surface area contributed by atoms with Gasteiger partial charge in [-0.05, 0) is 38.0 Å². The second kappa shape index (κ2) is 6.72. The predicted molar refractivity (Wildman–Crippen MR) is 82.3 cm³/mol. The summed E-state index contributed by atoms with van der Waals surface area (Å²) in [6, 6.07) is 5.28. The van der Waals surface area contributed by atoms with Crippen LogP contribution in [0.25, 0.3) is 0 Å². The summed E-state index contributed by atoms with van der Waals surface area (Å²) in [5.74, 6) is -0.155. The smallest absolute Gasteiger partial charge is 0.254 e. The molecule has 1 unspecified atom stereocenters. The minimum Gasteiger partial charge on any atom is -0.355 e. The van der Waals surface area contributed by atoms with Crippen LogP contribution in [0.15, 0.2) is 18.2 Å². The summed E-state index contributed by atoms with van der Waals surface area (Å²) >= 11 is 0. The van der Waals surface area contributed by atoms with E-state index in [1.807, 2.05) is 39.0 Å². The second-order valence-corrected chi connectivity index (χ2v) is 5.36. The van der Waals surface area contributed by atoms with Gasteiger partial charge in [0.2, 0.25) is 5.91 Å². The number of nitrogens with one attached hydrogen (secondary N) is 2. The average molecular weight is 289 g/mol. The van der Waals surface area contributed by atoms with Crippen LogP contribution in [0.5, 0.6) is 0 Å². The highest BCUT2D eigenvalue weighted by atomic mass is 16.2. The Kier molecular flexibility index (Phi) is 4.96. The summed E-state index contributed by atoms with van der Waals surface area (Å²) in [5.41, 5.74) is 2.76. The van der Waals surface area contributed by atoms with Crippen LogP contribution in [-0.2, 0) is 4.79 Å². The van der Waals surface area contributed by atoms with Crippen LogP contribution < -0.4 is 10.6 Å². The maximum atomic E-state index is 12.8. The Hall–Kier alpha value is -1.88. The molecule has 1 aliphatic rings. The van der Waals surface area contributed by atoms with Crippen LogP contribution in [0.2, 0.25) is 0 Å². The summed E-state index contributed by atoms with van der Waals surface area (Å²) in [6.45, 7) is 8.16. The van der Waals surface area contributed by atoms with Crippen LogP contribution in [0.3, 0.4) is 0 Å². The molecular weight excluding hydrogens is 266 g/mol. The van der Waals surface area contributed by atoms with Crippen molar-refractivity contribution in [1.82, 2.24) is 15.5 Å². The topological polar surface area (TPSA) is 61.4 Å². The van der Waals surface area contributed by atoms with Crippen LogP contribution in [0, 0.1) is 13.8 Å². The molecule has 0 radical (unpaired) electrons. The first-order chi connectivity index (χ1) is 10.1. The number of benzene rings is 1. The van der Waals surface area contributed by atoms with E-state index in [4.69, 9.17) is 0 Å². The van der Waals surface area contributed by atoms with Crippen LogP contribution >= 0.6 is 0 Å². The van der Waals surface area contributed by atoms with Gasteiger partial charge in [-0.3, -0.25) is 9.59 Å². The van der Waals surface area contributed by atoms with Crippen molar-refractivity contribution in [2.24, 2.45) is 0 Å². The minimum atomic E-state index is -0.439. The summed E-state index contributed by atoms with van der Waals surface area (Å²) in [7, 11) is 0. The standard InChI is InChI=1S/C16H23N3O2/c1-4-18-15(20)14-10-17-8-9-19(14)16(21)13-7-5-6-11(2)12(13)3/h5-7,14,17H,4,8-10H2,1-3H3,(H,18,20). The molecule has 5 heteroatoms. The molecule has 1 aromatic carbocycles. The number of hydrogen-bond donors (Lipinski definition) is 2. The largest absolute Gasteiger partial charge is 0.355 e. The van der Waals surface area contributed by atoms with Crippen molar-refractivity contribution in [3.63, 3.8) is 0 Å². The summed E-state index contributed by atoms with van der Waals surface area (Å²) in [5, 5.41) is 5.99. The van der Waals surface area contributed by atoms with Crippen LogP contribution in [0.1, 0.15) is 28.4 Å². The lowest BCUT2D eigenvalue weighted by Crippen LogP contribution is -2.59. The van der Waals surface area contributed by atoms with Crippen molar-refractivity contribution in [2.45, 2.75) is 26.8 Å². The van der Waals surface area contributed by atoms with Crippen molar-refractivity contribution in [3.8, 4) is 0 Å². The van der Waals surface area contributed by atoms with Crippen LogP contribution in [0.4, 0.5) is 0 Å². The maximum Gasteiger partial charge on any atom is 0.254 e. The van der Waals surface area contributed by atoms with E-state index < -0.39 is 6.04 Å². The Morgan fingerprint density at radius 1 is 1.38 bits per heavy atom. The zero-order chi connectivity index (χ0) is 15.4. The second-order valence-electron chi connectivity index (χ2n) is 5.36. The molecule has 2 rings (SSSR count). The molecule has 2 N–H and O–H groups in total. The molecule has 1 saturated heterocycles.